The molecule has 36 heavy (non-hydrogen) atoms. The van der Waals surface area contributed by atoms with Gasteiger partial charge < -0.3 is 20.8 Å². The van der Waals surface area contributed by atoms with Crippen LogP contribution >= 0.6 is 0 Å². The lowest BCUT2D eigenvalue weighted by molar-refractivity contribution is -0.114. The van der Waals surface area contributed by atoms with E-state index in [1.165, 1.54) is 13.8 Å². The molecule has 0 aliphatic rings. The maximum atomic E-state index is 12.6. The van der Waals surface area contributed by atoms with Crippen molar-refractivity contribution >= 4 is 34.6 Å². The van der Waals surface area contributed by atoms with Crippen molar-refractivity contribution in [1.82, 2.24) is 0 Å². The molecule has 0 saturated heterocycles. The minimum atomic E-state index is -0.658. The number of aliphatic hydroxyl groups excluding tert-OH is 2. The van der Waals surface area contributed by atoms with E-state index in [0.717, 1.165) is 0 Å². The number of nitrogens with one attached hydrogen (secondary N) is 2. The highest BCUT2D eigenvalue weighted by atomic mass is 16.3. The highest BCUT2D eigenvalue weighted by Gasteiger charge is 2.15. The molecule has 0 unspecified atom stereocenters. The zero-order valence-electron chi connectivity index (χ0n) is 19.6. The summed E-state index contributed by atoms with van der Waals surface area (Å²) in [7, 11) is 0. The van der Waals surface area contributed by atoms with Crippen LogP contribution in [-0.4, -0.2) is 22.0 Å². The Morgan fingerprint density at radius 3 is 1.22 bits per heavy atom. The van der Waals surface area contributed by atoms with Crippen molar-refractivity contribution in [3.63, 3.8) is 0 Å². The molecule has 0 atom stereocenters. The molecule has 10 nitrogen and oxygen atoms in total. The Bertz CT molecular complexity index is 1220. The van der Waals surface area contributed by atoms with Crippen LogP contribution in [0, 0.1) is 0 Å². The zero-order valence-corrected chi connectivity index (χ0v) is 19.6. The molecule has 0 spiro atoms. The van der Waals surface area contributed by atoms with Crippen molar-refractivity contribution in [3.05, 3.63) is 108 Å². The number of anilines is 2. The van der Waals surface area contributed by atoms with Gasteiger partial charge in [-0.1, -0.05) is 36.4 Å². The van der Waals surface area contributed by atoms with E-state index in [2.05, 4.69) is 31.1 Å². The first-order chi connectivity index (χ1) is 17.3. The van der Waals surface area contributed by atoms with Gasteiger partial charge in [-0.2, -0.15) is 10.2 Å². The lowest BCUT2D eigenvalue weighted by Crippen LogP contribution is -2.16. The highest BCUT2D eigenvalue weighted by molar-refractivity contribution is 6.05. The number of allylic oxidation sites excluding steroid dienone is 2. The Balaban J connectivity index is 1.65. The molecule has 0 aromatic heterocycles. The van der Waals surface area contributed by atoms with Gasteiger partial charge in [-0.3, -0.25) is 9.59 Å². The molecule has 10 heteroatoms. The van der Waals surface area contributed by atoms with Crippen LogP contribution in [0.15, 0.2) is 128 Å². The van der Waals surface area contributed by atoms with E-state index < -0.39 is 11.8 Å². The van der Waals surface area contributed by atoms with Crippen molar-refractivity contribution in [1.29, 1.82) is 0 Å². The van der Waals surface area contributed by atoms with E-state index >= 15 is 0 Å². The summed E-state index contributed by atoms with van der Waals surface area (Å²) in [5.41, 5.74) is 1.36. The fraction of sp³-hybridized carbons (Fsp3) is 0.0769. The number of rotatable bonds is 8. The van der Waals surface area contributed by atoms with E-state index in [4.69, 9.17) is 0 Å². The fourth-order valence-electron chi connectivity index (χ4n) is 2.79. The number of carbonyl (C=O) groups excluding carboxylic acids is 2. The number of carbonyl (C=O) groups is 2. The third kappa shape index (κ3) is 7.45. The van der Waals surface area contributed by atoms with Gasteiger partial charge >= 0.3 is 0 Å². The number of nitrogens with zero attached hydrogens (tertiary/aromatic N) is 4. The van der Waals surface area contributed by atoms with Crippen LogP contribution in [0.5, 0.6) is 0 Å². The smallest absolute Gasteiger partial charge is 0.279 e. The van der Waals surface area contributed by atoms with Crippen molar-refractivity contribution in [2.45, 2.75) is 13.8 Å². The Kier molecular flexibility index (Phi) is 8.76. The molecule has 0 saturated carbocycles. The van der Waals surface area contributed by atoms with Gasteiger partial charge in [0.15, 0.2) is 11.4 Å². The minimum Gasteiger partial charge on any atom is -0.510 e. The lowest BCUT2D eigenvalue weighted by atomic mass is 10.2. The predicted molar refractivity (Wildman–Crippen MR) is 136 cm³/mol. The molecule has 0 aliphatic carbocycles. The van der Waals surface area contributed by atoms with Gasteiger partial charge in [0.1, 0.15) is 11.5 Å². The van der Waals surface area contributed by atoms with Gasteiger partial charge in [0.25, 0.3) is 11.8 Å². The quantitative estimate of drug-likeness (QED) is 0.160. The minimum absolute atomic E-state index is 0.242. The summed E-state index contributed by atoms with van der Waals surface area (Å²) < 4.78 is 0. The summed E-state index contributed by atoms with van der Waals surface area (Å²) >= 11 is 0. The molecule has 3 aromatic rings. The first kappa shape index (κ1) is 25.5. The van der Waals surface area contributed by atoms with Crippen LogP contribution in [-0.2, 0) is 9.59 Å². The molecule has 0 bridgehead atoms. The summed E-state index contributed by atoms with van der Waals surface area (Å²) in [4.78, 5) is 25.2. The maximum absolute atomic E-state index is 12.6. The van der Waals surface area contributed by atoms with Crippen LogP contribution in [0.3, 0.4) is 0 Å². The molecule has 2 amide bonds. The first-order valence-electron chi connectivity index (χ1n) is 10.8. The van der Waals surface area contributed by atoms with Crippen molar-refractivity contribution in [2.24, 2.45) is 20.5 Å². The molecule has 0 fully saturated rings. The van der Waals surface area contributed by atoms with Crippen molar-refractivity contribution < 1.29 is 19.8 Å². The molecule has 3 rings (SSSR count). The van der Waals surface area contributed by atoms with Crippen LogP contribution in [0.25, 0.3) is 0 Å². The fourth-order valence-corrected chi connectivity index (χ4v) is 2.79. The van der Waals surface area contributed by atoms with Gasteiger partial charge in [-0.05, 0) is 62.4 Å². The van der Waals surface area contributed by atoms with Gasteiger partial charge in [0.2, 0.25) is 0 Å². The Morgan fingerprint density at radius 2 is 0.917 bits per heavy atom. The summed E-state index contributed by atoms with van der Waals surface area (Å²) in [6, 6.07) is 23.8. The Labute approximate surface area is 207 Å². The number of azo groups is 2. The van der Waals surface area contributed by atoms with E-state index in [9.17, 15) is 19.8 Å². The molecule has 182 valence electrons. The second-order valence-corrected chi connectivity index (χ2v) is 7.42. The van der Waals surface area contributed by atoms with Crippen molar-refractivity contribution in [2.75, 3.05) is 10.6 Å². The third-order valence-corrected chi connectivity index (χ3v) is 4.56. The average molecular weight is 485 g/mol. The maximum Gasteiger partial charge on any atom is 0.279 e. The van der Waals surface area contributed by atoms with E-state index in [1.54, 1.807) is 72.8 Å². The number of hydrogen-bond acceptors (Lipinski definition) is 8. The Hall–Kier alpha value is -5.12. The van der Waals surface area contributed by atoms with E-state index in [1.807, 2.05) is 12.1 Å². The highest BCUT2D eigenvalue weighted by Crippen LogP contribution is 2.19. The zero-order chi connectivity index (χ0) is 25.9. The van der Waals surface area contributed by atoms with Crippen LogP contribution < -0.4 is 10.6 Å². The van der Waals surface area contributed by atoms with Crippen LogP contribution in [0.4, 0.5) is 22.7 Å². The largest absolute Gasteiger partial charge is 0.510 e. The van der Waals surface area contributed by atoms with Crippen LogP contribution in [0.2, 0.25) is 0 Å². The van der Waals surface area contributed by atoms with Crippen molar-refractivity contribution in [3.8, 4) is 0 Å². The average Bonchev–Trinajstić information content (AvgIpc) is 2.86. The van der Waals surface area contributed by atoms with Gasteiger partial charge in [0.05, 0.1) is 11.4 Å². The number of amides is 2. The first-order valence-corrected chi connectivity index (χ1v) is 10.8. The normalized spacial score (nSPS) is 12.7. The second-order valence-electron chi connectivity index (χ2n) is 7.42. The lowest BCUT2D eigenvalue weighted by Gasteiger charge is -2.09. The molecule has 0 heterocycles. The van der Waals surface area contributed by atoms with Gasteiger partial charge in [-0.25, -0.2) is 0 Å². The Morgan fingerprint density at radius 1 is 0.583 bits per heavy atom. The molecule has 4 N–H and O–H groups in total. The SMILES string of the molecule is C/C(O)=C(/N=Nc1ccccc1)C(=O)Nc1ccc(NC(=O)/C(N=Nc2ccccc2)=C(/C)O)cc1. The molecular weight excluding hydrogens is 460 g/mol. The number of aliphatic hydroxyl groups is 2. The van der Waals surface area contributed by atoms with Crippen LogP contribution in [0.1, 0.15) is 13.8 Å². The van der Waals surface area contributed by atoms with Gasteiger partial charge in [0, 0.05) is 11.4 Å². The molecule has 3 aromatic carbocycles. The topological polar surface area (TPSA) is 148 Å². The summed E-state index contributed by atoms with van der Waals surface area (Å²) in [6.07, 6.45) is 0. The molecular formula is C26H24N6O4. The predicted octanol–water partition coefficient (Wildman–Crippen LogP) is 6.71. The summed E-state index contributed by atoms with van der Waals surface area (Å²) in [5.74, 6) is -1.90. The summed E-state index contributed by atoms with van der Waals surface area (Å²) in [5, 5.41) is 40.6. The monoisotopic (exact) mass is 484 g/mol. The second kappa shape index (κ2) is 12.4. The molecule has 0 aliphatic heterocycles. The third-order valence-electron chi connectivity index (χ3n) is 4.56. The van der Waals surface area contributed by atoms with Gasteiger partial charge in [-0.15, -0.1) is 10.2 Å². The summed E-state index contributed by atoms with van der Waals surface area (Å²) in [6.45, 7) is 2.67. The van der Waals surface area contributed by atoms with E-state index in [-0.39, 0.29) is 22.9 Å². The standard InChI is InChI=1S/C26H24N6O4/c1-17(33)23(31-29-21-9-5-3-6-10-21)25(35)27-19-13-15-20(16-14-19)28-26(36)24(18(2)34)32-30-22-11-7-4-8-12-22/h3-16,33-34H,1-2H3,(H,27,35)(H,28,36)/b23-17-,24-18+,31-29?,32-30?. The van der Waals surface area contributed by atoms with E-state index in [0.29, 0.717) is 22.7 Å². The number of benzene rings is 3. The molecule has 0 radical (unpaired) electrons. The number of hydrogen-bond donors (Lipinski definition) is 4.